The van der Waals surface area contributed by atoms with Crippen LogP contribution in [-0.2, 0) is 0 Å². The predicted octanol–water partition coefficient (Wildman–Crippen LogP) is 1.23. The highest BCUT2D eigenvalue weighted by atomic mass is 19.1. The van der Waals surface area contributed by atoms with Crippen molar-refractivity contribution in [1.82, 2.24) is 4.98 Å². The number of hydrogen-bond donors (Lipinski definition) is 1. The highest BCUT2D eigenvalue weighted by Crippen LogP contribution is 2.12. The Kier molecular flexibility index (Phi) is 1.34. The summed E-state index contributed by atoms with van der Waals surface area (Å²) in [6, 6.07) is 1.18. The lowest BCUT2D eigenvalue weighted by atomic mass is 10.3. The van der Waals surface area contributed by atoms with Crippen molar-refractivity contribution >= 4 is 0 Å². The van der Waals surface area contributed by atoms with Crippen LogP contribution in [0.15, 0.2) is 12.3 Å². The fraction of sp³-hybridized carbons (Fsp3) is 0.167. The number of aromatic hydroxyl groups is 1. The molecule has 0 radical (unpaired) electrons. The lowest BCUT2D eigenvalue weighted by molar-refractivity contribution is 0.429. The molecule has 3 heteroatoms. The van der Waals surface area contributed by atoms with Gasteiger partial charge in [-0.25, -0.2) is 4.39 Å². The number of pyridine rings is 1. The van der Waals surface area contributed by atoms with Gasteiger partial charge in [-0.05, 0) is 13.0 Å². The summed E-state index contributed by atoms with van der Waals surface area (Å²) in [7, 11) is 0. The minimum atomic E-state index is -0.623. The van der Waals surface area contributed by atoms with Gasteiger partial charge < -0.3 is 5.11 Å². The van der Waals surface area contributed by atoms with Gasteiger partial charge in [-0.3, -0.25) is 4.98 Å². The first-order chi connectivity index (χ1) is 4.20. The van der Waals surface area contributed by atoms with Crippen LogP contribution >= 0.6 is 0 Å². The first kappa shape index (κ1) is 6.01. The van der Waals surface area contributed by atoms with Crippen LogP contribution in [0.4, 0.5) is 4.39 Å². The van der Waals surface area contributed by atoms with Crippen molar-refractivity contribution in [3.63, 3.8) is 0 Å². The molecule has 0 bridgehead atoms. The zero-order valence-corrected chi connectivity index (χ0v) is 4.93. The summed E-state index contributed by atoms with van der Waals surface area (Å²) in [5, 5.41) is 8.61. The van der Waals surface area contributed by atoms with Gasteiger partial charge in [-0.2, -0.15) is 0 Å². The van der Waals surface area contributed by atoms with E-state index in [1.54, 1.807) is 6.92 Å². The van der Waals surface area contributed by atoms with Crippen molar-refractivity contribution in [3.8, 4) is 5.75 Å². The highest BCUT2D eigenvalue weighted by molar-refractivity contribution is 5.19. The molecule has 1 rings (SSSR count). The number of hydrogen-bond acceptors (Lipinski definition) is 2. The Bertz CT molecular complexity index is 224. The molecule has 0 aliphatic rings. The molecule has 0 unspecified atom stereocenters. The summed E-state index contributed by atoms with van der Waals surface area (Å²) >= 11 is 0. The van der Waals surface area contributed by atoms with Crippen LogP contribution in [0.2, 0.25) is 0 Å². The van der Waals surface area contributed by atoms with E-state index in [0.29, 0.717) is 5.69 Å². The molecule has 9 heavy (non-hydrogen) atoms. The predicted molar refractivity (Wildman–Crippen MR) is 30.6 cm³/mol. The van der Waals surface area contributed by atoms with Gasteiger partial charge in [0.2, 0.25) is 0 Å². The Morgan fingerprint density at radius 2 is 2.33 bits per heavy atom. The molecule has 0 aliphatic heterocycles. The van der Waals surface area contributed by atoms with Gasteiger partial charge >= 0.3 is 0 Å². The van der Waals surface area contributed by atoms with Crippen LogP contribution in [0, 0.1) is 12.7 Å². The van der Waals surface area contributed by atoms with Crippen LogP contribution in [0.25, 0.3) is 0 Å². The fourth-order valence-corrected chi connectivity index (χ4v) is 0.519. The van der Waals surface area contributed by atoms with E-state index in [9.17, 15) is 4.39 Å². The Hall–Kier alpha value is -1.12. The molecule has 1 heterocycles. The fourth-order valence-electron chi connectivity index (χ4n) is 0.519. The third-order valence-corrected chi connectivity index (χ3v) is 0.971. The minimum absolute atomic E-state index is 0.402. The van der Waals surface area contributed by atoms with Gasteiger partial charge in [0, 0.05) is 5.69 Å². The Balaban J connectivity index is 3.17. The molecule has 0 fully saturated rings. The van der Waals surface area contributed by atoms with Gasteiger partial charge in [-0.15, -0.1) is 0 Å². The largest absolute Gasteiger partial charge is 0.504 e. The molecule has 0 spiro atoms. The van der Waals surface area contributed by atoms with E-state index in [2.05, 4.69) is 4.98 Å². The minimum Gasteiger partial charge on any atom is -0.504 e. The second-order valence-corrected chi connectivity index (χ2v) is 1.78. The quantitative estimate of drug-likeness (QED) is 0.568. The van der Waals surface area contributed by atoms with Gasteiger partial charge in [0.15, 0.2) is 11.6 Å². The summed E-state index contributed by atoms with van der Waals surface area (Å²) in [5.74, 6) is -1.02. The Labute approximate surface area is 52.0 Å². The topological polar surface area (TPSA) is 33.1 Å². The van der Waals surface area contributed by atoms with Crippen molar-refractivity contribution in [3.05, 3.63) is 23.8 Å². The lowest BCUT2D eigenvalue weighted by Gasteiger charge is -1.92. The van der Waals surface area contributed by atoms with Crippen LogP contribution in [0.5, 0.6) is 5.75 Å². The molecule has 0 saturated carbocycles. The number of nitrogens with zero attached hydrogens (tertiary/aromatic N) is 1. The monoisotopic (exact) mass is 127 g/mol. The van der Waals surface area contributed by atoms with Gasteiger partial charge in [-0.1, -0.05) is 0 Å². The molecule has 0 amide bonds. The van der Waals surface area contributed by atoms with Crippen LogP contribution in [0.3, 0.4) is 0 Å². The molecule has 1 aromatic rings. The number of aryl methyl sites for hydroxylation is 1. The third kappa shape index (κ3) is 1.16. The van der Waals surface area contributed by atoms with E-state index in [4.69, 9.17) is 5.11 Å². The Morgan fingerprint density at radius 1 is 1.67 bits per heavy atom. The van der Waals surface area contributed by atoms with E-state index in [0.717, 1.165) is 6.20 Å². The maximum atomic E-state index is 12.3. The summed E-state index contributed by atoms with van der Waals surface area (Å²) in [6.45, 7) is 1.66. The molecule has 0 aromatic carbocycles. The average molecular weight is 127 g/mol. The molecule has 2 nitrogen and oxygen atoms in total. The number of aromatic nitrogens is 1. The molecule has 0 aliphatic carbocycles. The second-order valence-electron chi connectivity index (χ2n) is 1.78. The second kappa shape index (κ2) is 2.01. The van der Waals surface area contributed by atoms with Crippen molar-refractivity contribution in [2.75, 3.05) is 0 Å². The van der Waals surface area contributed by atoms with Crippen molar-refractivity contribution in [1.29, 1.82) is 0 Å². The SMILES string of the molecule is Cc1cc(F)c(O)cn1. The maximum Gasteiger partial charge on any atom is 0.169 e. The zero-order chi connectivity index (χ0) is 6.85. The summed E-state index contributed by atoms with van der Waals surface area (Å²) in [4.78, 5) is 3.65. The van der Waals surface area contributed by atoms with E-state index >= 15 is 0 Å². The third-order valence-electron chi connectivity index (χ3n) is 0.971. The van der Waals surface area contributed by atoms with Crippen LogP contribution in [0.1, 0.15) is 5.69 Å². The van der Waals surface area contributed by atoms with E-state index in [1.807, 2.05) is 0 Å². The molecule has 1 N–H and O–H groups in total. The molecule has 1 aromatic heterocycles. The first-order valence-corrected chi connectivity index (χ1v) is 2.51. The normalized spacial score (nSPS) is 9.56. The standard InChI is InChI=1S/C6H6FNO/c1-4-2-5(7)6(9)3-8-4/h2-3,9H,1H3. The highest BCUT2D eigenvalue weighted by Gasteiger charge is 1.97. The van der Waals surface area contributed by atoms with Crippen LogP contribution < -0.4 is 0 Å². The smallest absolute Gasteiger partial charge is 0.169 e. The maximum absolute atomic E-state index is 12.3. The van der Waals surface area contributed by atoms with Crippen molar-refractivity contribution in [2.45, 2.75) is 6.92 Å². The van der Waals surface area contributed by atoms with Crippen molar-refractivity contribution < 1.29 is 9.50 Å². The molecule has 48 valence electrons. The van der Waals surface area contributed by atoms with E-state index < -0.39 is 11.6 Å². The van der Waals surface area contributed by atoms with E-state index in [1.165, 1.54) is 6.07 Å². The number of halogens is 1. The molecule has 0 saturated heterocycles. The molecular weight excluding hydrogens is 121 g/mol. The van der Waals surface area contributed by atoms with Gasteiger partial charge in [0.1, 0.15) is 0 Å². The van der Waals surface area contributed by atoms with Crippen molar-refractivity contribution in [2.24, 2.45) is 0 Å². The van der Waals surface area contributed by atoms with E-state index in [-0.39, 0.29) is 0 Å². The lowest BCUT2D eigenvalue weighted by Crippen LogP contribution is -1.82. The summed E-state index contributed by atoms with van der Waals surface area (Å²) < 4.78 is 12.3. The van der Waals surface area contributed by atoms with Crippen LogP contribution in [-0.4, -0.2) is 10.1 Å². The van der Waals surface area contributed by atoms with Gasteiger partial charge in [0.25, 0.3) is 0 Å². The molecular formula is C6H6FNO. The first-order valence-electron chi connectivity index (χ1n) is 2.51. The summed E-state index contributed by atoms with van der Waals surface area (Å²) in [6.07, 6.45) is 1.09. The molecule has 0 atom stereocenters. The number of rotatable bonds is 0. The average Bonchev–Trinajstić information content (AvgIpc) is 1.80. The Morgan fingerprint density at radius 3 is 2.78 bits per heavy atom. The zero-order valence-electron chi connectivity index (χ0n) is 4.93. The summed E-state index contributed by atoms with van der Waals surface area (Å²) in [5.41, 5.74) is 0.560. The van der Waals surface area contributed by atoms with Gasteiger partial charge in [0.05, 0.1) is 6.20 Å².